The Kier molecular flexibility index (Phi) is 4.10. The summed E-state index contributed by atoms with van der Waals surface area (Å²) in [5.74, 6) is -0.0550. The van der Waals surface area contributed by atoms with Crippen molar-refractivity contribution in [2.75, 3.05) is 0 Å². The molecule has 0 aliphatic heterocycles. The molecular weight excluding hydrogens is 260 g/mol. The number of fused-ring (bicyclic) bond motifs is 1. The first-order valence-corrected chi connectivity index (χ1v) is 7.29. The molecule has 1 aromatic carbocycles. The van der Waals surface area contributed by atoms with Crippen molar-refractivity contribution in [3.05, 3.63) is 71.6 Å². The molecule has 0 saturated heterocycles. The van der Waals surface area contributed by atoms with Gasteiger partial charge in [0.25, 0.3) is 0 Å². The molecule has 2 aromatic rings. The fourth-order valence-electron chi connectivity index (χ4n) is 2.77. The van der Waals surface area contributed by atoms with Crippen LogP contribution >= 0.6 is 0 Å². The summed E-state index contributed by atoms with van der Waals surface area (Å²) in [6.45, 7) is 0. The number of carbonyl (C=O) groups is 1. The van der Waals surface area contributed by atoms with E-state index in [0.29, 0.717) is 0 Å². The first-order chi connectivity index (χ1) is 10.3. The van der Waals surface area contributed by atoms with Gasteiger partial charge in [-0.1, -0.05) is 30.3 Å². The molecule has 0 saturated carbocycles. The fraction of sp³-hybridized carbons (Fsp3) is 0.222. The third kappa shape index (κ3) is 3.37. The number of nitrogens with zero attached hydrogens (tertiary/aromatic N) is 1. The molecule has 0 spiro atoms. The minimum atomic E-state index is -0.0550. The maximum Gasteiger partial charge on any atom is 0.244 e. The zero-order chi connectivity index (χ0) is 14.5. The Labute approximate surface area is 124 Å². The molecular formula is C18H18N2O. The van der Waals surface area contributed by atoms with Gasteiger partial charge < -0.3 is 5.32 Å². The fourth-order valence-corrected chi connectivity index (χ4v) is 2.77. The minimum absolute atomic E-state index is 0.0550. The van der Waals surface area contributed by atoms with E-state index in [1.165, 1.54) is 11.1 Å². The second-order valence-electron chi connectivity index (χ2n) is 5.27. The first kappa shape index (κ1) is 13.6. The van der Waals surface area contributed by atoms with Crippen molar-refractivity contribution in [1.82, 2.24) is 10.3 Å². The summed E-state index contributed by atoms with van der Waals surface area (Å²) in [5.41, 5.74) is 3.54. The molecule has 3 heteroatoms. The van der Waals surface area contributed by atoms with Gasteiger partial charge >= 0.3 is 0 Å². The number of aryl methyl sites for hydroxylation is 1. The molecule has 106 valence electrons. The van der Waals surface area contributed by atoms with Crippen LogP contribution in [0.4, 0.5) is 0 Å². The summed E-state index contributed by atoms with van der Waals surface area (Å²) in [5, 5.41) is 3.10. The Bertz CT molecular complexity index is 649. The normalized spacial score (nSPS) is 17.4. The van der Waals surface area contributed by atoms with Crippen molar-refractivity contribution in [2.24, 2.45) is 0 Å². The van der Waals surface area contributed by atoms with Crippen LogP contribution in [0.5, 0.6) is 0 Å². The van der Waals surface area contributed by atoms with Crippen molar-refractivity contribution in [1.29, 1.82) is 0 Å². The van der Waals surface area contributed by atoms with Gasteiger partial charge in [0.1, 0.15) is 0 Å². The molecule has 3 rings (SSSR count). The van der Waals surface area contributed by atoms with E-state index in [4.69, 9.17) is 0 Å². The third-order valence-corrected chi connectivity index (χ3v) is 3.80. The molecule has 0 fully saturated rings. The molecule has 1 unspecified atom stereocenters. The third-order valence-electron chi connectivity index (χ3n) is 3.80. The number of aromatic nitrogens is 1. The highest BCUT2D eigenvalue weighted by Gasteiger charge is 2.20. The highest BCUT2D eigenvalue weighted by Crippen LogP contribution is 2.29. The van der Waals surface area contributed by atoms with E-state index in [1.54, 1.807) is 24.5 Å². The van der Waals surface area contributed by atoms with Crippen LogP contribution in [0.15, 0.2) is 54.9 Å². The lowest BCUT2D eigenvalue weighted by Crippen LogP contribution is -2.29. The topological polar surface area (TPSA) is 42.0 Å². The molecule has 1 amide bonds. The van der Waals surface area contributed by atoms with Crippen molar-refractivity contribution < 1.29 is 4.79 Å². The van der Waals surface area contributed by atoms with Crippen molar-refractivity contribution in [3.63, 3.8) is 0 Å². The van der Waals surface area contributed by atoms with Gasteiger partial charge in [0, 0.05) is 18.5 Å². The second kappa shape index (κ2) is 6.35. The molecule has 1 aliphatic rings. The summed E-state index contributed by atoms with van der Waals surface area (Å²) in [6, 6.07) is 12.3. The quantitative estimate of drug-likeness (QED) is 0.875. The first-order valence-electron chi connectivity index (χ1n) is 7.29. The van der Waals surface area contributed by atoms with Gasteiger partial charge in [-0.2, -0.15) is 0 Å². The molecule has 21 heavy (non-hydrogen) atoms. The summed E-state index contributed by atoms with van der Waals surface area (Å²) >= 11 is 0. The smallest absolute Gasteiger partial charge is 0.244 e. The summed E-state index contributed by atoms with van der Waals surface area (Å²) in [7, 11) is 0. The molecule has 0 bridgehead atoms. The van der Waals surface area contributed by atoms with Crippen LogP contribution in [0.3, 0.4) is 0 Å². The Hall–Kier alpha value is -2.42. The standard InChI is InChI=1S/C18H18N2O/c21-18(11-10-14-5-4-12-19-13-14)20-17-9-3-7-15-6-1-2-8-16(15)17/h1-2,4-6,8,10-13,17H,3,7,9H2,(H,20,21)/b11-10+. The van der Waals surface area contributed by atoms with Gasteiger partial charge in [0.05, 0.1) is 6.04 Å². The minimum Gasteiger partial charge on any atom is -0.346 e. The zero-order valence-electron chi connectivity index (χ0n) is 11.8. The van der Waals surface area contributed by atoms with Crippen LogP contribution in [0, 0.1) is 0 Å². The molecule has 1 aromatic heterocycles. The highest BCUT2D eigenvalue weighted by molar-refractivity contribution is 5.92. The summed E-state index contributed by atoms with van der Waals surface area (Å²) < 4.78 is 0. The predicted molar refractivity (Wildman–Crippen MR) is 83.5 cm³/mol. The van der Waals surface area contributed by atoms with E-state index in [1.807, 2.05) is 18.2 Å². The molecule has 1 aliphatic carbocycles. The SMILES string of the molecule is O=C(/C=C/c1cccnc1)NC1CCCc2ccccc21. The van der Waals surface area contributed by atoms with Crippen LogP contribution in [-0.4, -0.2) is 10.9 Å². The Morgan fingerprint density at radius 3 is 3.00 bits per heavy atom. The zero-order valence-corrected chi connectivity index (χ0v) is 11.8. The number of amides is 1. The molecule has 1 heterocycles. The van der Waals surface area contributed by atoms with E-state index < -0.39 is 0 Å². The van der Waals surface area contributed by atoms with Crippen LogP contribution in [0.1, 0.15) is 35.6 Å². The number of pyridine rings is 1. The number of hydrogen-bond acceptors (Lipinski definition) is 2. The second-order valence-corrected chi connectivity index (χ2v) is 5.27. The van der Waals surface area contributed by atoms with Crippen LogP contribution < -0.4 is 5.32 Å². The number of nitrogens with one attached hydrogen (secondary N) is 1. The number of carbonyl (C=O) groups excluding carboxylic acids is 1. The van der Waals surface area contributed by atoms with Gasteiger partial charge in [-0.3, -0.25) is 9.78 Å². The van der Waals surface area contributed by atoms with E-state index in [-0.39, 0.29) is 11.9 Å². The van der Waals surface area contributed by atoms with Gasteiger partial charge in [-0.25, -0.2) is 0 Å². The van der Waals surface area contributed by atoms with Crippen molar-refractivity contribution in [3.8, 4) is 0 Å². The number of hydrogen-bond donors (Lipinski definition) is 1. The molecule has 1 atom stereocenters. The number of rotatable bonds is 3. The molecule has 0 radical (unpaired) electrons. The predicted octanol–water partition coefficient (Wildman–Crippen LogP) is 3.29. The van der Waals surface area contributed by atoms with E-state index in [9.17, 15) is 4.79 Å². The lowest BCUT2D eigenvalue weighted by Gasteiger charge is -2.25. The average Bonchev–Trinajstić information content (AvgIpc) is 2.54. The number of benzene rings is 1. The average molecular weight is 278 g/mol. The molecule has 1 N–H and O–H groups in total. The Balaban J connectivity index is 1.67. The van der Waals surface area contributed by atoms with E-state index in [2.05, 4.69) is 28.5 Å². The Morgan fingerprint density at radius 2 is 2.14 bits per heavy atom. The highest BCUT2D eigenvalue weighted by atomic mass is 16.1. The van der Waals surface area contributed by atoms with Gasteiger partial charge in [-0.15, -0.1) is 0 Å². The van der Waals surface area contributed by atoms with Crippen molar-refractivity contribution in [2.45, 2.75) is 25.3 Å². The van der Waals surface area contributed by atoms with Gasteiger partial charge in [-0.05, 0) is 48.1 Å². The monoisotopic (exact) mass is 278 g/mol. The van der Waals surface area contributed by atoms with Crippen molar-refractivity contribution >= 4 is 12.0 Å². The van der Waals surface area contributed by atoms with E-state index in [0.717, 1.165) is 24.8 Å². The van der Waals surface area contributed by atoms with Crippen LogP contribution in [0.2, 0.25) is 0 Å². The van der Waals surface area contributed by atoms with E-state index >= 15 is 0 Å². The van der Waals surface area contributed by atoms with Crippen LogP contribution in [-0.2, 0) is 11.2 Å². The maximum atomic E-state index is 12.1. The Morgan fingerprint density at radius 1 is 1.24 bits per heavy atom. The lowest BCUT2D eigenvalue weighted by atomic mass is 9.88. The molecule has 3 nitrogen and oxygen atoms in total. The van der Waals surface area contributed by atoms with Gasteiger partial charge in [0.15, 0.2) is 0 Å². The lowest BCUT2D eigenvalue weighted by molar-refractivity contribution is -0.117. The summed E-state index contributed by atoms with van der Waals surface area (Å²) in [4.78, 5) is 16.1. The largest absolute Gasteiger partial charge is 0.346 e. The maximum absolute atomic E-state index is 12.1. The van der Waals surface area contributed by atoms with Crippen LogP contribution in [0.25, 0.3) is 6.08 Å². The summed E-state index contributed by atoms with van der Waals surface area (Å²) in [6.07, 6.45) is 10.0. The van der Waals surface area contributed by atoms with Gasteiger partial charge in [0.2, 0.25) is 5.91 Å².